The minimum atomic E-state index is -0.159. The molecule has 0 fully saturated rings. The van der Waals surface area contributed by atoms with Crippen LogP contribution in [0.15, 0.2) is 309 Å². The van der Waals surface area contributed by atoms with Gasteiger partial charge in [-0.25, -0.2) is 0 Å². The van der Waals surface area contributed by atoms with Gasteiger partial charge < -0.3 is 19.7 Å². The smallest absolute Gasteiger partial charge is 0.252 e. The topological polar surface area (TPSA) is 33.7 Å². The molecule has 1 N–H and O–H groups in total. The van der Waals surface area contributed by atoms with Crippen molar-refractivity contribution >= 4 is 121 Å². The summed E-state index contributed by atoms with van der Waals surface area (Å²) in [6.45, 7) is -0.426. The van der Waals surface area contributed by atoms with E-state index in [2.05, 4.69) is 320 Å². The van der Waals surface area contributed by atoms with Crippen LogP contribution in [-0.4, -0.2) is 26.9 Å². The maximum absolute atomic E-state index is 7.49. The molecule has 0 radical (unpaired) electrons. The third kappa shape index (κ3) is 8.12. The van der Waals surface area contributed by atoms with E-state index in [9.17, 15) is 0 Å². The lowest BCUT2D eigenvalue weighted by atomic mass is 9.27. The largest absolute Gasteiger partial charge is 0.459 e. The second-order valence-corrected chi connectivity index (χ2v) is 23.0. The van der Waals surface area contributed by atoms with E-state index in [0.717, 1.165) is 90.0 Å². The van der Waals surface area contributed by atoms with Crippen LogP contribution in [0.2, 0.25) is 0 Å². The summed E-state index contributed by atoms with van der Waals surface area (Å²) in [5.74, 6) is 3.55. The molecule has 13 aromatic rings. The number of benzene rings is 13. The highest BCUT2D eigenvalue weighted by atomic mass is 16.5. The van der Waals surface area contributed by atoms with Crippen LogP contribution in [0.3, 0.4) is 0 Å². The van der Waals surface area contributed by atoms with Crippen LogP contribution < -0.4 is 85.2 Å². The highest BCUT2D eigenvalue weighted by molar-refractivity contribution is 7.06. The Balaban J connectivity index is 0.813. The van der Waals surface area contributed by atoms with Crippen molar-refractivity contribution in [1.29, 1.82) is 0 Å². The standard InChI is InChI=1S/C78H52B4N2O2/c1-4-24-52(25-5-1)59-34-10-13-37-62(59)82-64-39-15-19-43-70(64)84(58-32-8-3-9-33-58)71-48-46-67-78(76(71)82)86-73-45-21-17-41-66(73)81(67)61-36-12-11-35-60(61)55-28-22-26-53(50-55)54-27-23-31-57(51-54)80-65-40-16-20-44-72(65)85-74-49-47-69-75(77(74)80)79(56-29-6-2-7-30-56)63-38-14-18-42-68(63)83-69/h1-51,83H. The molecule has 0 saturated carbocycles. The predicted molar refractivity (Wildman–Crippen MR) is 365 cm³/mol. The van der Waals surface area contributed by atoms with Gasteiger partial charge in [-0.3, -0.25) is 0 Å². The van der Waals surface area contributed by atoms with E-state index >= 15 is 0 Å². The van der Waals surface area contributed by atoms with Gasteiger partial charge in [-0.1, -0.05) is 271 Å². The van der Waals surface area contributed by atoms with Crippen molar-refractivity contribution in [3.05, 3.63) is 309 Å². The van der Waals surface area contributed by atoms with Gasteiger partial charge in [-0.2, -0.15) is 0 Å². The Bertz CT molecular complexity index is 4810. The van der Waals surface area contributed by atoms with Crippen LogP contribution in [0.25, 0.3) is 33.4 Å². The molecular weight excluding hydrogens is 1040 g/mol. The molecule has 8 heteroatoms. The van der Waals surface area contributed by atoms with Gasteiger partial charge in [-0.15, -0.1) is 0 Å². The van der Waals surface area contributed by atoms with E-state index in [4.69, 9.17) is 9.47 Å². The fourth-order valence-electron chi connectivity index (χ4n) is 14.7. The van der Waals surface area contributed by atoms with Gasteiger partial charge in [0.2, 0.25) is 13.4 Å². The minimum absolute atomic E-state index is 0.00606. The molecule has 0 saturated heterocycles. The number of fused-ring (bicyclic) bond motifs is 10. The molecule has 0 bridgehead atoms. The van der Waals surface area contributed by atoms with E-state index in [-0.39, 0.29) is 26.9 Å². The first-order valence-corrected chi connectivity index (χ1v) is 29.9. The molecule has 0 aliphatic carbocycles. The van der Waals surface area contributed by atoms with E-state index in [1.54, 1.807) is 0 Å². The second-order valence-electron chi connectivity index (χ2n) is 23.0. The van der Waals surface area contributed by atoms with Gasteiger partial charge in [0.25, 0.3) is 13.4 Å². The molecule has 0 aromatic heterocycles. The highest BCUT2D eigenvalue weighted by Gasteiger charge is 2.45. The quantitative estimate of drug-likeness (QED) is 0.154. The van der Waals surface area contributed by atoms with Gasteiger partial charge in [-0.05, 0) is 138 Å². The number of ether oxygens (including phenoxy) is 2. The Kier molecular flexibility index (Phi) is 11.9. The van der Waals surface area contributed by atoms with Crippen molar-refractivity contribution in [1.82, 2.24) is 0 Å². The number of nitrogens with one attached hydrogen (secondary N) is 1. The summed E-state index contributed by atoms with van der Waals surface area (Å²) < 4.78 is 14.4. The van der Waals surface area contributed by atoms with Crippen LogP contribution in [0.1, 0.15) is 0 Å². The van der Waals surface area contributed by atoms with Crippen molar-refractivity contribution in [3.63, 3.8) is 0 Å². The van der Waals surface area contributed by atoms with Crippen molar-refractivity contribution in [2.45, 2.75) is 0 Å². The van der Waals surface area contributed by atoms with Gasteiger partial charge >= 0.3 is 0 Å². The Morgan fingerprint density at radius 3 is 1.57 bits per heavy atom. The second kappa shape index (κ2) is 20.6. The lowest BCUT2D eigenvalue weighted by Gasteiger charge is -2.40. The molecule has 4 nitrogen and oxygen atoms in total. The number of hydrogen-bond acceptors (Lipinski definition) is 4. The van der Waals surface area contributed by atoms with Crippen LogP contribution in [0, 0.1) is 0 Å². The fraction of sp³-hybridized carbons (Fsp3) is 0. The first-order valence-electron chi connectivity index (χ1n) is 29.9. The summed E-state index contributed by atoms with van der Waals surface area (Å²) in [5.41, 5.74) is 27.0. The Labute approximate surface area is 503 Å². The molecule has 0 amide bonds. The molecule has 86 heavy (non-hydrogen) atoms. The fourth-order valence-corrected chi connectivity index (χ4v) is 14.7. The Morgan fingerprint density at radius 1 is 0.267 bits per heavy atom. The number of nitrogens with zero attached hydrogens (tertiary/aromatic N) is 1. The molecule has 0 spiro atoms. The van der Waals surface area contributed by atoms with Crippen LogP contribution in [-0.2, 0) is 0 Å². The molecule has 4 aliphatic heterocycles. The monoisotopic (exact) mass is 1090 g/mol. The van der Waals surface area contributed by atoms with E-state index < -0.39 is 0 Å². The highest BCUT2D eigenvalue weighted by Crippen LogP contribution is 2.40. The Hall–Kier alpha value is -10.7. The normalized spacial score (nSPS) is 13.0. The molecule has 0 unspecified atom stereocenters. The average Bonchev–Trinajstić information content (AvgIpc) is 0.781. The number of rotatable bonds is 8. The molecule has 398 valence electrons. The van der Waals surface area contributed by atoms with Gasteiger partial charge in [0.1, 0.15) is 23.0 Å². The molecule has 17 rings (SSSR count). The minimum Gasteiger partial charge on any atom is -0.459 e. The average molecular weight is 1090 g/mol. The van der Waals surface area contributed by atoms with E-state index in [1.165, 1.54) is 60.4 Å². The summed E-state index contributed by atoms with van der Waals surface area (Å²) in [4.78, 5) is 2.44. The van der Waals surface area contributed by atoms with E-state index in [1.807, 2.05) is 0 Å². The molecule has 13 aromatic carbocycles. The SMILES string of the molecule is c1ccc(B2c3ccccc3Nc3ccc4c(c32)B(c2cccc(-c3cccc(-c5ccccc5B5c6ccccc6Oc6c5ccc5c6B(c6ccccc6-c6ccccc6)c6ccccc6N5c5ccccc5)c3)c2)c2ccccc2O4)cc1. The zero-order chi connectivity index (χ0) is 56.7. The maximum atomic E-state index is 7.49. The molecular formula is C78H52B4N2O2. The van der Waals surface area contributed by atoms with Crippen LogP contribution >= 0.6 is 0 Å². The summed E-state index contributed by atoms with van der Waals surface area (Å²) in [5, 5.41) is 3.86. The third-order valence-corrected chi connectivity index (χ3v) is 18.3. The van der Waals surface area contributed by atoms with Gasteiger partial charge in [0, 0.05) is 28.4 Å². The molecule has 4 aliphatic rings. The van der Waals surface area contributed by atoms with Crippen molar-refractivity contribution in [2.75, 3.05) is 10.2 Å². The maximum Gasteiger partial charge on any atom is 0.252 e. The summed E-state index contributed by atoms with van der Waals surface area (Å²) in [7, 11) is 0. The number of hydrogen-bond donors (Lipinski definition) is 1. The zero-order valence-electron chi connectivity index (χ0n) is 47.0. The van der Waals surface area contributed by atoms with Crippen molar-refractivity contribution in [3.8, 4) is 56.4 Å². The first kappa shape index (κ1) is 49.9. The lowest BCUT2D eigenvalue weighted by molar-refractivity contribution is 0.488. The van der Waals surface area contributed by atoms with Gasteiger partial charge in [0.15, 0.2) is 0 Å². The predicted octanol–water partition coefficient (Wildman–Crippen LogP) is 10.8. The third-order valence-electron chi connectivity index (χ3n) is 18.3. The first-order chi connectivity index (χ1) is 42.7. The van der Waals surface area contributed by atoms with Gasteiger partial charge in [0.05, 0.1) is 0 Å². The summed E-state index contributed by atoms with van der Waals surface area (Å²) in [6, 6.07) is 113. The summed E-state index contributed by atoms with van der Waals surface area (Å²) >= 11 is 0. The summed E-state index contributed by atoms with van der Waals surface area (Å²) in [6.07, 6.45) is 0. The zero-order valence-corrected chi connectivity index (χ0v) is 47.0. The molecule has 4 heterocycles. The van der Waals surface area contributed by atoms with Crippen molar-refractivity contribution < 1.29 is 9.47 Å². The molecule has 0 atom stereocenters. The van der Waals surface area contributed by atoms with Crippen molar-refractivity contribution in [2.24, 2.45) is 0 Å². The lowest BCUT2D eigenvalue weighted by Crippen LogP contribution is -2.67. The Morgan fingerprint density at radius 2 is 0.802 bits per heavy atom. The van der Waals surface area contributed by atoms with Crippen LogP contribution in [0.4, 0.5) is 28.4 Å². The number of anilines is 5. The van der Waals surface area contributed by atoms with Crippen LogP contribution in [0.5, 0.6) is 23.0 Å². The van der Waals surface area contributed by atoms with E-state index in [0.29, 0.717) is 0 Å². The number of para-hydroxylation sites is 5.